The molecular weight excluding hydrogens is 342 g/mol. The summed E-state index contributed by atoms with van der Waals surface area (Å²) in [7, 11) is 0. The van der Waals surface area contributed by atoms with Gasteiger partial charge in [-0.15, -0.1) is 0 Å². The molecule has 2 fully saturated rings. The zero-order valence-corrected chi connectivity index (χ0v) is 15.1. The first-order valence-electron chi connectivity index (χ1n) is 9.28. The smallest absolute Gasteiger partial charge is 0.247 e. The van der Waals surface area contributed by atoms with Crippen molar-refractivity contribution in [2.75, 3.05) is 31.1 Å². The predicted molar refractivity (Wildman–Crippen MR) is 102 cm³/mol. The summed E-state index contributed by atoms with van der Waals surface area (Å²) in [6, 6.07) is 16.4. The second kappa shape index (κ2) is 7.40. The average molecular weight is 365 g/mol. The maximum absolute atomic E-state index is 12.8. The molecule has 27 heavy (non-hydrogen) atoms. The molecule has 0 aromatic heterocycles. The van der Waals surface area contributed by atoms with E-state index in [9.17, 15) is 14.7 Å². The van der Waals surface area contributed by atoms with Crippen molar-refractivity contribution in [1.29, 1.82) is 0 Å². The zero-order valence-electron chi connectivity index (χ0n) is 15.1. The minimum Gasteiger partial charge on any atom is -0.508 e. The van der Waals surface area contributed by atoms with E-state index < -0.39 is 0 Å². The lowest BCUT2D eigenvalue weighted by atomic mass is 10.1. The van der Waals surface area contributed by atoms with Gasteiger partial charge in [0.1, 0.15) is 5.75 Å². The van der Waals surface area contributed by atoms with Crippen LogP contribution in [0.25, 0.3) is 0 Å². The van der Waals surface area contributed by atoms with Gasteiger partial charge >= 0.3 is 0 Å². The molecule has 0 unspecified atom stereocenters. The molecule has 2 aromatic carbocycles. The number of phenols is 1. The van der Waals surface area contributed by atoms with Gasteiger partial charge in [-0.25, -0.2) is 0 Å². The first-order chi connectivity index (χ1) is 13.1. The minimum absolute atomic E-state index is 0.0815. The molecule has 6 heteroatoms. The lowest BCUT2D eigenvalue weighted by Crippen LogP contribution is -2.52. The number of phenolic OH excluding ortho intramolecular Hbond substituents is 1. The highest BCUT2D eigenvalue weighted by atomic mass is 16.3. The molecule has 2 aromatic rings. The average Bonchev–Trinajstić information content (AvgIpc) is 2.98. The van der Waals surface area contributed by atoms with E-state index in [1.807, 2.05) is 42.5 Å². The summed E-state index contributed by atoms with van der Waals surface area (Å²) in [4.78, 5) is 31.0. The molecule has 0 bridgehead atoms. The van der Waals surface area contributed by atoms with E-state index in [2.05, 4.69) is 9.80 Å². The second-order valence-electron chi connectivity index (χ2n) is 7.06. The molecule has 0 radical (unpaired) electrons. The fourth-order valence-corrected chi connectivity index (χ4v) is 3.84. The molecule has 0 saturated carbocycles. The monoisotopic (exact) mass is 365 g/mol. The summed E-state index contributed by atoms with van der Waals surface area (Å²) in [5.74, 6) is 0.0858. The van der Waals surface area contributed by atoms with E-state index in [-0.39, 0.29) is 30.0 Å². The van der Waals surface area contributed by atoms with Crippen LogP contribution in [0.5, 0.6) is 5.75 Å². The van der Waals surface area contributed by atoms with Gasteiger partial charge < -0.3 is 10.0 Å². The van der Waals surface area contributed by atoms with Gasteiger partial charge in [0.2, 0.25) is 11.8 Å². The molecule has 2 amide bonds. The Hall–Kier alpha value is -2.86. The van der Waals surface area contributed by atoms with Gasteiger partial charge in [-0.3, -0.25) is 19.4 Å². The molecule has 2 heterocycles. The van der Waals surface area contributed by atoms with Gasteiger partial charge in [0, 0.05) is 31.9 Å². The number of carbonyl (C=O) groups is 2. The lowest BCUT2D eigenvalue weighted by molar-refractivity contribution is -0.140. The maximum Gasteiger partial charge on any atom is 0.247 e. The molecule has 140 valence electrons. The number of benzene rings is 2. The van der Waals surface area contributed by atoms with Gasteiger partial charge in [-0.1, -0.05) is 30.3 Å². The van der Waals surface area contributed by atoms with Crippen LogP contribution in [-0.2, 0) is 16.1 Å². The van der Waals surface area contributed by atoms with E-state index >= 15 is 0 Å². The van der Waals surface area contributed by atoms with E-state index in [1.54, 1.807) is 12.1 Å². The van der Waals surface area contributed by atoms with Crippen molar-refractivity contribution in [3.05, 3.63) is 60.2 Å². The van der Waals surface area contributed by atoms with Crippen LogP contribution in [0.15, 0.2) is 54.6 Å². The Bertz CT molecular complexity index is 814. The zero-order chi connectivity index (χ0) is 18.8. The quantitative estimate of drug-likeness (QED) is 0.838. The number of imide groups is 1. The van der Waals surface area contributed by atoms with Gasteiger partial charge in [-0.2, -0.15) is 0 Å². The van der Waals surface area contributed by atoms with Gasteiger partial charge in [0.05, 0.1) is 19.0 Å². The fraction of sp³-hybridized carbons (Fsp3) is 0.333. The number of hydrogen-bond acceptors (Lipinski definition) is 5. The third-order valence-corrected chi connectivity index (χ3v) is 5.37. The van der Waals surface area contributed by atoms with Crippen LogP contribution >= 0.6 is 0 Å². The Morgan fingerprint density at radius 1 is 0.889 bits per heavy atom. The van der Waals surface area contributed by atoms with E-state index in [1.165, 1.54) is 4.90 Å². The van der Waals surface area contributed by atoms with Crippen molar-refractivity contribution in [2.45, 2.75) is 19.0 Å². The minimum atomic E-state index is -0.344. The van der Waals surface area contributed by atoms with Gasteiger partial charge in [0.15, 0.2) is 0 Å². The molecule has 4 rings (SSSR count). The number of likely N-dealkylation sites (tertiary alicyclic amines) is 1. The van der Waals surface area contributed by atoms with E-state index in [4.69, 9.17) is 0 Å². The second-order valence-corrected chi connectivity index (χ2v) is 7.06. The number of hydrogen-bond donors (Lipinski definition) is 1. The molecule has 2 saturated heterocycles. The Balaban J connectivity index is 1.38. The van der Waals surface area contributed by atoms with Crippen molar-refractivity contribution in [3.8, 4) is 5.75 Å². The predicted octanol–water partition coefficient (Wildman–Crippen LogP) is 1.84. The molecule has 6 nitrogen and oxygen atoms in total. The van der Waals surface area contributed by atoms with Crippen LogP contribution in [0.3, 0.4) is 0 Å². The number of anilines is 1. The van der Waals surface area contributed by atoms with Gasteiger partial charge in [-0.05, 0) is 29.8 Å². The van der Waals surface area contributed by atoms with Crippen LogP contribution in [0.2, 0.25) is 0 Å². The van der Waals surface area contributed by atoms with Crippen LogP contribution in [0.4, 0.5) is 5.69 Å². The summed E-state index contributed by atoms with van der Waals surface area (Å²) in [5, 5.41) is 9.42. The molecule has 0 aliphatic carbocycles. The SMILES string of the molecule is O=C1C[C@@H](N2CCN(c3ccc(O)cc3)CC2)C(=O)N1Cc1ccccc1. The van der Waals surface area contributed by atoms with Crippen LogP contribution in [0.1, 0.15) is 12.0 Å². The lowest BCUT2D eigenvalue weighted by Gasteiger charge is -2.38. The maximum atomic E-state index is 12.8. The summed E-state index contributed by atoms with van der Waals surface area (Å²) in [5.41, 5.74) is 2.03. The third-order valence-electron chi connectivity index (χ3n) is 5.37. The highest BCUT2D eigenvalue weighted by Crippen LogP contribution is 2.24. The summed E-state index contributed by atoms with van der Waals surface area (Å²) < 4.78 is 0. The molecular formula is C21H23N3O3. The Morgan fingerprint density at radius 2 is 1.56 bits per heavy atom. The van der Waals surface area contributed by atoms with E-state index in [0.717, 1.165) is 37.4 Å². The van der Waals surface area contributed by atoms with Crippen molar-refractivity contribution in [3.63, 3.8) is 0 Å². The molecule has 1 atom stereocenters. The number of rotatable bonds is 4. The fourth-order valence-electron chi connectivity index (χ4n) is 3.84. The van der Waals surface area contributed by atoms with Crippen LogP contribution in [0, 0.1) is 0 Å². The number of piperazine rings is 1. The van der Waals surface area contributed by atoms with Crippen molar-refractivity contribution in [1.82, 2.24) is 9.80 Å². The first-order valence-corrected chi connectivity index (χ1v) is 9.28. The number of carbonyl (C=O) groups excluding carboxylic acids is 2. The Morgan fingerprint density at radius 3 is 2.22 bits per heavy atom. The molecule has 1 N–H and O–H groups in total. The number of nitrogens with zero attached hydrogens (tertiary/aromatic N) is 3. The topological polar surface area (TPSA) is 64.1 Å². The summed E-state index contributed by atoms with van der Waals surface area (Å²) in [6.07, 6.45) is 0.269. The van der Waals surface area contributed by atoms with Crippen molar-refractivity contribution in [2.24, 2.45) is 0 Å². The highest BCUT2D eigenvalue weighted by Gasteiger charge is 2.42. The normalized spacial score (nSPS) is 21.1. The van der Waals surface area contributed by atoms with Crippen LogP contribution < -0.4 is 4.90 Å². The molecule has 2 aliphatic heterocycles. The number of amides is 2. The third kappa shape index (κ3) is 3.66. The standard InChI is InChI=1S/C21H23N3O3/c25-18-8-6-17(7-9-18)22-10-12-23(13-11-22)19-14-20(26)24(21(19)27)15-16-4-2-1-3-5-16/h1-9,19,25H,10-15H2/t19-/m1/s1. The largest absolute Gasteiger partial charge is 0.508 e. The number of aromatic hydroxyl groups is 1. The van der Waals surface area contributed by atoms with Gasteiger partial charge in [0.25, 0.3) is 0 Å². The molecule has 2 aliphatic rings. The van der Waals surface area contributed by atoms with Crippen LogP contribution in [-0.4, -0.2) is 58.9 Å². The Kier molecular flexibility index (Phi) is 4.81. The summed E-state index contributed by atoms with van der Waals surface area (Å²) >= 11 is 0. The Labute approximate surface area is 158 Å². The first kappa shape index (κ1) is 17.5. The summed E-state index contributed by atoms with van der Waals surface area (Å²) in [6.45, 7) is 3.42. The van der Waals surface area contributed by atoms with E-state index in [0.29, 0.717) is 6.54 Å². The van der Waals surface area contributed by atoms with Crippen molar-refractivity contribution < 1.29 is 14.7 Å². The highest BCUT2D eigenvalue weighted by molar-refractivity contribution is 6.05. The molecule has 0 spiro atoms. The van der Waals surface area contributed by atoms with Crippen molar-refractivity contribution >= 4 is 17.5 Å².